The Kier molecular flexibility index (Phi) is 33.9. The number of fused-ring (bicyclic) bond motifs is 4. The van der Waals surface area contributed by atoms with Gasteiger partial charge in [-0.3, -0.25) is 69.3 Å². The van der Waals surface area contributed by atoms with E-state index in [1.807, 2.05) is 207 Å². The summed E-state index contributed by atoms with van der Waals surface area (Å²) in [4.78, 5) is 104. The number of alkyl halides is 4. The van der Waals surface area contributed by atoms with Crippen molar-refractivity contribution in [3.8, 4) is 44.5 Å². The van der Waals surface area contributed by atoms with Gasteiger partial charge >= 0.3 is 0 Å². The first-order valence-corrected chi connectivity index (χ1v) is 49.7. The molecular weight excluding hydrogens is 1890 g/mol. The molecule has 0 atom stereocenters. The molecule has 4 aliphatic rings. The molecule has 768 valence electrons. The fourth-order valence-electron chi connectivity index (χ4n) is 17.8. The average Bonchev–Trinajstić information content (AvgIpc) is 1.64. The molecule has 16 aromatic rings. The Morgan fingerprint density at radius 3 is 0.885 bits per heavy atom. The number of pyridine rings is 8. The van der Waals surface area contributed by atoms with E-state index in [0.717, 1.165) is 202 Å². The standard InChI is InChI=1S/C28H32F2N8O.C27H30F2N8O.C27H32N8O.C26H30N8O/c1-37(2)12-9-32-25-6-4-22(17-33-25)34-27(39)26-23-14-20(3-5-24(23)35-36-26)21-13-19(15-31-16-21)18-38-10-7-28(29,30)8-11-38;1-36(2)10-8-31-24-6-4-21(15-32-24)33-26(38)25-22-12-19(3-5-23(22)34-35-25)20-11-18(13-30-14-20)16-37-9-7-27(28,29)17-37;1-34(2)13-10-29-25-9-7-21(17-30-25)31-27(36)26-23-15-19(6-8-24(23)32-33-26)20-14-22(18-28-16-20)35-11-4-3-5-12-35;1-33(2)12-9-28-24-8-6-20(16-29-24)30-26(35)25-22-14-18(5-7-23(22)31-32-25)19-13-21(17-27-15-19)34-10-3-4-11-34/h3-6,13-17H,7-12,18H2,1-2H3,(H,32,33)(H,34,39)(H,35,36);3-6,11-15H,7-10,16-17H2,1-2H3,(H,31,32)(H,33,38)(H,34,35);6-9,14-18H,3-5,10-13H2,1-2H3,(H,29,30)(H,31,36)(H,32,33);5-8,13-17H,3-4,9-12H2,1-2H3,(H,28,29)(H,30,35)(H,31,32). The molecule has 40 heteroatoms. The molecule has 16 heterocycles. The number of anilines is 10. The van der Waals surface area contributed by atoms with Crippen molar-refractivity contribution in [1.82, 2.24) is 110 Å². The number of likely N-dealkylation sites (N-methyl/N-ethyl adjacent to an activating group) is 4. The predicted molar refractivity (Wildman–Crippen MR) is 576 cm³/mol. The fraction of sp³-hybridized carbons (Fsp3) is 0.333. The van der Waals surface area contributed by atoms with Crippen LogP contribution in [0.15, 0.2) is 220 Å². The quantitative estimate of drug-likeness (QED) is 0.0167. The predicted octanol–water partition coefficient (Wildman–Crippen LogP) is 16.6. The molecular formula is C108H124F4N32O4. The third kappa shape index (κ3) is 28.0. The molecule has 0 spiro atoms. The number of benzene rings is 4. The van der Waals surface area contributed by atoms with Gasteiger partial charge in [-0.1, -0.05) is 24.3 Å². The number of hydrogen-bond donors (Lipinski definition) is 12. The van der Waals surface area contributed by atoms with Crippen LogP contribution in [0.25, 0.3) is 88.1 Å². The summed E-state index contributed by atoms with van der Waals surface area (Å²) in [6.07, 6.45) is 26.8. The first-order chi connectivity index (χ1) is 71.6. The van der Waals surface area contributed by atoms with Gasteiger partial charge in [-0.2, -0.15) is 20.4 Å². The molecule has 0 unspecified atom stereocenters. The van der Waals surface area contributed by atoms with Gasteiger partial charge in [0.1, 0.15) is 23.3 Å². The lowest BCUT2D eigenvalue weighted by Gasteiger charge is -2.31. The molecule has 148 heavy (non-hydrogen) atoms. The van der Waals surface area contributed by atoms with Crippen molar-refractivity contribution in [3.63, 3.8) is 0 Å². The molecule has 4 fully saturated rings. The van der Waals surface area contributed by atoms with Gasteiger partial charge in [0.25, 0.3) is 35.5 Å². The van der Waals surface area contributed by atoms with Gasteiger partial charge in [0.15, 0.2) is 22.8 Å². The average molecular weight is 2010 g/mol. The van der Waals surface area contributed by atoms with Gasteiger partial charge in [-0.05, 0) is 243 Å². The Morgan fingerprint density at radius 1 is 0.311 bits per heavy atom. The highest BCUT2D eigenvalue weighted by Gasteiger charge is 2.39. The van der Waals surface area contributed by atoms with E-state index in [1.54, 1.807) is 66.6 Å². The molecule has 4 amide bonds. The van der Waals surface area contributed by atoms with Crippen LogP contribution < -0.4 is 52.3 Å². The number of aromatic nitrogens is 16. The number of aromatic amines is 4. The maximum absolute atomic E-state index is 13.6. The van der Waals surface area contributed by atoms with Crippen LogP contribution in [0.1, 0.15) is 104 Å². The Hall–Kier alpha value is -15.9. The van der Waals surface area contributed by atoms with Crippen LogP contribution in [0.3, 0.4) is 0 Å². The number of piperidine rings is 2. The lowest BCUT2D eigenvalue weighted by molar-refractivity contribution is -0.0566. The van der Waals surface area contributed by atoms with Gasteiger partial charge in [-0.15, -0.1) is 0 Å². The van der Waals surface area contributed by atoms with Gasteiger partial charge in [-0.25, -0.2) is 37.5 Å². The second-order valence-electron chi connectivity index (χ2n) is 38.5. The Balaban J connectivity index is 0.000000135. The molecule has 0 bridgehead atoms. The van der Waals surface area contributed by atoms with Crippen LogP contribution in [0.5, 0.6) is 0 Å². The molecule has 0 saturated carbocycles. The molecule has 4 saturated heterocycles. The van der Waals surface area contributed by atoms with Crippen molar-refractivity contribution in [2.24, 2.45) is 0 Å². The number of carbonyl (C=O) groups is 4. The molecule has 4 aliphatic heterocycles. The smallest absolute Gasteiger partial charge is 0.276 e. The number of amides is 4. The summed E-state index contributed by atoms with van der Waals surface area (Å²) in [5.74, 6) is -3.46. The molecule has 12 aromatic heterocycles. The Bertz CT molecular complexity index is 7180. The summed E-state index contributed by atoms with van der Waals surface area (Å²) in [6, 6.07) is 46.3. The number of likely N-dealkylation sites (tertiary alicyclic amines) is 2. The Labute approximate surface area is 855 Å². The summed E-state index contributed by atoms with van der Waals surface area (Å²) in [5.41, 5.74) is 18.2. The summed E-state index contributed by atoms with van der Waals surface area (Å²) in [7, 11) is 16.1. The fourth-order valence-corrected chi connectivity index (χ4v) is 17.8. The molecule has 12 N–H and O–H groups in total. The van der Waals surface area contributed by atoms with Crippen molar-refractivity contribution < 1.29 is 36.7 Å². The van der Waals surface area contributed by atoms with Gasteiger partial charge in [0.2, 0.25) is 0 Å². The van der Waals surface area contributed by atoms with E-state index < -0.39 is 11.8 Å². The highest BCUT2D eigenvalue weighted by atomic mass is 19.3. The molecule has 0 radical (unpaired) electrons. The highest BCUT2D eigenvalue weighted by molar-refractivity contribution is 6.15. The van der Waals surface area contributed by atoms with Crippen molar-refractivity contribution in [1.29, 1.82) is 0 Å². The third-order valence-electron chi connectivity index (χ3n) is 25.9. The van der Waals surface area contributed by atoms with E-state index in [-0.39, 0.29) is 60.8 Å². The maximum Gasteiger partial charge on any atom is 0.276 e. The number of hydrogen-bond acceptors (Lipinski definition) is 28. The van der Waals surface area contributed by atoms with Crippen molar-refractivity contribution in [2.75, 3.05) is 213 Å². The van der Waals surface area contributed by atoms with Crippen LogP contribution in [0, 0.1) is 0 Å². The van der Waals surface area contributed by atoms with Crippen LogP contribution in [-0.4, -0.2) is 307 Å². The summed E-state index contributed by atoms with van der Waals surface area (Å²) in [6.45, 7) is 12.8. The lowest BCUT2D eigenvalue weighted by atomic mass is 10.0. The van der Waals surface area contributed by atoms with E-state index in [4.69, 9.17) is 0 Å². The number of halogens is 4. The Morgan fingerprint density at radius 2 is 0.595 bits per heavy atom. The van der Waals surface area contributed by atoms with Crippen LogP contribution in [0.4, 0.5) is 75.0 Å². The number of nitrogens with zero attached hydrogens (tertiary/aromatic N) is 20. The molecule has 0 aliphatic carbocycles. The monoisotopic (exact) mass is 2010 g/mol. The van der Waals surface area contributed by atoms with E-state index >= 15 is 0 Å². The summed E-state index contributed by atoms with van der Waals surface area (Å²) in [5, 5.41) is 56.2. The van der Waals surface area contributed by atoms with E-state index in [2.05, 4.69) is 165 Å². The first kappa shape index (κ1) is 104. The first-order valence-electron chi connectivity index (χ1n) is 49.7. The summed E-state index contributed by atoms with van der Waals surface area (Å²) >= 11 is 0. The highest BCUT2D eigenvalue weighted by Crippen LogP contribution is 2.37. The zero-order chi connectivity index (χ0) is 103. The zero-order valence-electron chi connectivity index (χ0n) is 84.3. The normalized spacial score (nSPS) is 14.6. The van der Waals surface area contributed by atoms with Crippen LogP contribution >= 0.6 is 0 Å². The minimum atomic E-state index is -2.63. The van der Waals surface area contributed by atoms with E-state index in [0.29, 0.717) is 77.6 Å². The SMILES string of the molecule is CN(C)CCNc1ccc(NC(=O)c2n[nH]c3ccc(-c4cncc(CN5CCC(F)(F)C5)c4)cc23)cn1.CN(C)CCNc1ccc(NC(=O)c2n[nH]c3ccc(-c4cncc(CN5CCC(F)(F)CC5)c4)cc23)cn1.CN(C)CCNc1ccc(NC(=O)c2n[nH]c3ccc(-c4cncc(N5CCCC5)c4)cc23)cn1.CN(C)CCNc1ccc(NC(=O)c2n[nH]c3ccc(-c4cncc(N5CCCCC5)c4)cc23)cn1. The van der Waals surface area contributed by atoms with Gasteiger partial charge in [0, 0.05) is 212 Å². The number of nitrogens with one attached hydrogen (secondary N) is 12. The number of rotatable bonds is 34. The lowest BCUT2D eigenvalue weighted by Crippen LogP contribution is -2.38. The minimum Gasteiger partial charge on any atom is -0.370 e. The minimum absolute atomic E-state index is 0.115. The van der Waals surface area contributed by atoms with E-state index in [9.17, 15) is 36.7 Å². The second kappa shape index (κ2) is 48.4. The molecule has 36 nitrogen and oxygen atoms in total. The largest absolute Gasteiger partial charge is 0.370 e. The zero-order valence-corrected chi connectivity index (χ0v) is 84.3. The van der Waals surface area contributed by atoms with Crippen LogP contribution in [0.2, 0.25) is 0 Å². The van der Waals surface area contributed by atoms with Crippen molar-refractivity contribution >= 4 is 125 Å². The number of H-pyrrole nitrogens is 4. The molecule has 4 aromatic carbocycles. The summed E-state index contributed by atoms with van der Waals surface area (Å²) < 4.78 is 54.2. The van der Waals surface area contributed by atoms with Crippen LogP contribution in [-0.2, 0) is 13.1 Å². The van der Waals surface area contributed by atoms with Gasteiger partial charge in [0.05, 0.1) is 99.9 Å². The van der Waals surface area contributed by atoms with E-state index in [1.165, 1.54) is 32.1 Å². The topological polar surface area (TPSA) is 408 Å². The number of carbonyl (C=O) groups excluding carboxylic acids is 4. The van der Waals surface area contributed by atoms with Gasteiger partial charge < -0.3 is 71.9 Å². The third-order valence-corrected chi connectivity index (χ3v) is 25.9. The second-order valence-corrected chi connectivity index (χ2v) is 38.5. The van der Waals surface area contributed by atoms with Crippen molar-refractivity contribution in [3.05, 3.63) is 254 Å². The van der Waals surface area contributed by atoms with Crippen molar-refractivity contribution in [2.45, 2.75) is 76.3 Å². The molecule has 20 rings (SSSR count). The maximum atomic E-state index is 13.6.